The minimum Gasteiger partial charge on any atom is -0.462 e. The molecule has 10 nitrogen and oxygen atoms in total. The Morgan fingerprint density at radius 2 is 2.00 bits per heavy atom. The molecule has 0 radical (unpaired) electrons. The summed E-state index contributed by atoms with van der Waals surface area (Å²) in [5, 5.41) is 9.67. The average Bonchev–Trinajstić information content (AvgIpc) is 3.75. The van der Waals surface area contributed by atoms with Crippen LogP contribution in [0.5, 0.6) is 6.01 Å². The number of aromatic nitrogens is 2. The third kappa shape index (κ3) is 6.22. The lowest BCUT2D eigenvalue weighted by atomic mass is 9.93. The first-order valence-corrected chi connectivity index (χ1v) is 16.0. The monoisotopic (exact) mass is 701 g/mol. The highest BCUT2D eigenvalue weighted by molar-refractivity contribution is 7.23. The van der Waals surface area contributed by atoms with Crippen LogP contribution in [0, 0.1) is 17.1 Å². The number of nitriles is 1. The number of nitrogens with two attached hydrogens (primary N) is 1. The lowest BCUT2D eigenvalue weighted by Crippen LogP contribution is -2.40. The number of nitrogen functional groups attached to an aromatic ring is 1. The van der Waals surface area contributed by atoms with Crippen molar-refractivity contribution < 1.29 is 36.2 Å². The minimum atomic E-state index is -4.93. The second-order valence-electron chi connectivity index (χ2n) is 12.1. The molecule has 258 valence electrons. The van der Waals surface area contributed by atoms with E-state index in [-0.39, 0.29) is 86.4 Å². The number of fused-ring (bicyclic) bond motifs is 2. The Labute approximate surface area is 282 Å². The molecular weight excluding hydrogens is 669 g/mol. The second-order valence-corrected chi connectivity index (χ2v) is 13.2. The summed E-state index contributed by atoms with van der Waals surface area (Å²) < 4.78 is 86.5. The Hall–Kier alpha value is -4.59. The summed E-state index contributed by atoms with van der Waals surface area (Å²) in [4.78, 5) is 26.0. The van der Waals surface area contributed by atoms with Gasteiger partial charge in [0.05, 0.1) is 40.0 Å². The molecule has 2 saturated heterocycles. The predicted molar refractivity (Wildman–Crippen MR) is 176 cm³/mol. The average molecular weight is 702 g/mol. The Morgan fingerprint density at radius 1 is 1.24 bits per heavy atom. The molecule has 49 heavy (non-hydrogen) atoms. The summed E-state index contributed by atoms with van der Waals surface area (Å²) in [6, 6.07) is 4.94. The van der Waals surface area contributed by atoms with Crippen LogP contribution in [0.15, 0.2) is 36.9 Å². The van der Waals surface area contributed by atoms with Gasteiger partial charge in [-0.25, -0.2) is 8.78 Å². The van der Waals surface area contributed by atoms with Crippen LogP contribution in [-0.4, -0.2) is 97.5 Å². The van der Waals surface area contributed by atoms with Gasteiger partial charge in [0, 0.05) is 44.1 Å². The predicted octanol–water partition coefficient (Wildman–Crippen LogP) is 5.39. The van der Waals surface area contributed by atoms with Crippen LogP contribution in [0.4, 0.5) is 32.8 Å². The van der Waals surface area contributed by atoms with Crippen LogP contribution in [-0.2, 0) is 15.7 Å². The summed E-state index contributed by atoms with van der Waals surface area (Å²) in [6.45, 7) is 3.96. The van der Waals surface area contributed by atoms with Crippen molar-refractivity contribution in [2.75, 3.05) is 58.1 Å². The zero-order chi connectivity index (χ0) is 35.4. The number of halogens is 5. The van der Waals surface area contributed by atoms with E-state index in [4.69, 9.17) is 15.2 Å². The van der Waals surface area contributed by atoms with Crippen molar-refractivity contribution in [1.29, 1.82) is 5.26 Å². The van der Waals surface area contributed by atoms with Crippen molar-refractivity contribution in [2.24, 2.45) is 0 Å². The molecule has 6 rings (SSSR count). The molecular formula is C33H32F5N7O3S. The van der Waals surface area contributed by atoms with E-state index in [0.29, 0.717) is 13.0 Å². The standard InChI is InChI=1S/C33H32F5N7O3S/c1-5-27(46)45-13-24(35)26(14-45)44(3)31-20-9-22(33(36,37)38)19(18-6-7-23(34)29-28(18)21(11-39)30(40)49-29)10-25(20)41-32(42-31)48-15-16-8-17(47-4)12-43(16)2/h5-7,9-10,16-17,24,26H,1,8,12-15,40H2,2-4H3. The molecule has 0 bridgehead atoms. The van der Waals surface area contributed by atoms with Crippen LogP contribution in [0.1, 0.15) is 17.5 Å². The molecule has 2 aliphatic heterocycles. The number of carbonyl (C=O) groups is 1. The van der Waals surface area contributed by atoms with Gasteiger partial charge in [0.1, 0.15) is 35.5 Å². The molecule has 0 saturated carbocycles. The molecule has 2 aliphatic rings. The SMILES string of the molecule is C=CC(=O)N1CC(F)C(N(C)c2nc(OCC3CC(OC)CN3C)nc3cc(-c4ccc(F)c5sc(N)c(C#N)c45)c(C(F)(F)F)cc23)C1. The van der Waals surface area contributed by atoms with Crippen LogP contribution >= 0.6 is 11.3 Å². The molecule has 0 spiro atoms. The number of likely N-dealkylation sites (N-methyl/N-ethyl adjacent to an activating group) is 2. The van der Waals surface area contributed by atoms with Gasteiger partial charge in [-0.05, 0) is 48.9 Å². The van der Waals surface area contributed by atoms with Gasteiger partial charge in [-0.15, -0.1) is 11.3 Å². The van der Waals surface area contributed by atoms with Gasteiger partial charge in [-0.2, -0.15) is 28.4 Å². The third-order valence-corrected chi connectivity index (χ3v) is 10.3. The van der Waals surface area contributed by atoms with Crippen LogP contribution < -0.4 is 15.4 Å². The fourth-order valence-electron chi connectivity index (χ4n) is 6.60. The number of rotatable bonds is 8. The highest BCUT2D eigenvalue weighted by Gasteiger charge is 2.40. The number of carbonyl (C=O) groups excluding carboxylic acids is 1. The fourth-order valence-corrected chi connectivity index (χ4v) is 7.55. The van der Waals surface area contributed by atoms with E-state index in [0.717, 1.165) is 29.5 Å². The van der Waals surface area contributed by atoms with Gasteiger partial charge in [0.25, 0.3) is 0 Å². The maximum Gasteiger partial charge on any atom is 0.417 e. The van der Waals surface area contributed by atoms with Crippen LogP contribution in [0.25, 0.3) is 32.1 Å². The number of ether oxygens (including phenoxy) is 2. The fraction of sp³-hybridized carbons (Fsp3) is 0.394. The maximum absolute atomic E-state index is 15.4. The van der Waals surface area contributed by atoms with Gasteiger partial charge in [-0.1, -0.05) is 12.6 Å². The van der Waals surface area contributed by atoms with E-state index >= 15 is 4.39 Å². The number of methoxy groups -OCH3 is 1. The molecule has 2 N–H and O–H groups in total. The highest BCUT2D eigenvalue weighted by atomic mass is 32.1. The van der Waals surface area contributed by atoms with Crippen molar-refractivity contribution in [3.8, 4) is 23.2 Å². The molecule has 2 aromatic heterocycles. The van der Waals surface area contributed by atoms with Crippen molar-refractivity contribution in [1.82, 2.24) is 19.8 Å². The normalized spacial score (nSPS) is 21.4. The number of nitrogens with zero attached hydrogens (tertiary/aromatic N) is 6. The molecule has 0 aliphatic carbocycles. The molecule has 4 aromatic rings. The second kappa shape index (κ2) is 13.0. The molecule has 2 aromatic carbocycles. The Kier molecular flexibility index (Phi) is 9.12. The highest BCUT2D eigenvalue weighted by Crippen LogP contribution is 2.46. The van der Waals surface area contributed by atoms with Gasteiger partial charge in [0.15, 0.2) is 0 Å². The van der Waals surface area contributed by atoms with E-state index in [1.165, 1.54) is 29.0 Å². The summed E-state index contributed by atoms with van der Waals surface area (Å²) in [6.07, 6.45) is -4.77. The van der Waals surface area contributed by atoms with Crippen molar-refractivity contribution in [3.05, 3.63) is 53.9 Å². The number of alkyl halides is 4. The molecule has 16 heteroatoms. The number of anilines is 2. The van der Waals surface area contributed by atoms with E-state index < -0.39 is 35.7 Å². The molecule has 4 atom stereocenters. The van der Waals surface area contributed by atoms with E-state index in [9.17, 15) is 27.6 Å². The van der Waals surface area contributed by atoms with Crippen molar-refractivity contribution in [3.63, 3.8) is 0 Å². The first kappa shape index (κ1) is 34.3. The Bertz CT molecular complexity index is 2000. The first-order valence-electron chi connectivity index (χ1n) is 15.2. The number of thiophene rings is 1. The van der Waals surface area contributed by atoms with Crippen LogP contribution in [0.2, 0.25) is 0 Å². The number of hydrogen-bond donors (Lipinski definition) is 1. The Morgan fingerprint density at radius 3 is 2.65 bits per heavy atom. The van der Waals surface area contributed by atoms with Crippen molar-refractivity contribution in [2.45, 2.75) is 37.0 Å². The summed E-state index contributed by atoms with van der Waals surface area (Å²) >= 11 is 0.767. The van der Waals surface area contributed by atoms with Gasteiger partial charge in [0.2, 0.25) is 5.91 Å². The molecule has 4 unspecified atom stereocenters. The topological polar surface area (TPSA) is 121 Å². The zero-order valence-corrected chi connectivity index (χ0v) is 27.5. The van der Waals surface area contributed by atoms with Gasteiger partial charge >= 0.3 is 12.2 Å². The number of benzene rings is 2. The van der Waals surface area contributed by atoms with Gasteiger partial charge in [-0.3, -0.25) is 9.69 Å². The van der Waals surface area contributed by atoms with Crippen molar-refractivity contribution >= 4 is 49.1 Å². The van der Waals surface area contributed by atoms with Gasteiger partial charge < -0.3 is 25.0 Å². The zero-order valence-electron chi connectivity index (χ0n) is 26.7. The quantitative estimate of drug-likeness (QED) is 0.190. The number of amides is 1. The summed E-state index contributed by atoms with van der Waals surface area (Å²) in [5.74, 6) is -1.26. The lowest BCUT2D eigenvalue weighted by Gasteiger charge is -2.28. The third-order valence-electron chi connectivity index (χ3n) is 9.25. The van der Waals surface area contributed by atoms with E-state index in [1.807, 2.05) is 18.0 Å². The van der Waals surface area contributed by atoms with Crippen LogP contribution in [0.3, 0.4) is 0 Å². The maximum atomic E-state index is 15.4. The first-order chi connectivity index (χ1) is 23.2. The summed E-state index contributed by atoms with van der Waals surface area (Å²) in [5.41, 5.74) is 4.31. The van der Waals surface area contributed by atoms with E-state index in [2.05, 4.69) is 16.5 Å². The number of hydrogen-bond acceptors (Lipinski definition) is 10. The van der Waals surface area contributed by atoms with E-state index in [1.54, 1.807) is 7.11 Å². The smallest absolute Gasteiger partial charge is 0.417 e. The number of likely N-dealkylation sites (tertiary alicyclic amines) is 2. The molecule has 4 heterocycles. The Balaban J connectivity index is 1.54. The minimum absolute atomic E-state index is 0.0109. The largest absolute Gasteiger partial charge is 0.462 e. The summed E-state index contributed by atoms with van der Waals surface area (Å²) in [7, 11) is 5.01. The molecule has 2 fully saturated rings. The molecule has 1 amide bonds. The lowest BCUT2D eigenvalue weighted by molar-refractivity contribution is -0.137.